The Bertz CT molecular complexity index is 3170. The minimum absolute atomic E-state index is 0.639. The quantitative estimate of drug-likeness (QED) is 0.167. The minimum Gasteiger partial charge on any atom is -0.309 e. The highest BCUT2D eigenvalue weighted by atomic mass is 15.0. The summed E-state index contributed by atoms with van der Waals surface area (Å²) in [6.45, 7) is 0. The zero-order valence-electron chi connectivity index (χ0n) is 29.5. The molecule has 0 unspecified atom stereocenters. The Morgan fingerprint density at radius 3 is 1.40 bits per heavy atom. The van der Waals surface area contributed by atoms with Gasteiger partial charge in [-0.15, -0.1) is 0 Å². The number of para-hydroxylation sites is 1. The lowest BCUT2D eigenvalue weighted by atomic mass is 9.97. The maximum Gasteiger partial charge on any atom is 0.164 e. The average molecular weight is 703 g/mol. The van der Waals surface area contributed by atoms with E-state index in [0.717, 1.165) is 66.3 Å². The molecule has 6 nitrogen and oxygen atoms in total. The van der Waals surface area contributed by atoms with E-state index in [4.69, 9.17) is 24.9 Å². The van der Waals surface area contributed by atoms with Gasteiger partial charge in [-0.05, 0) is 52.2 Å². The third-order valence-corrected chi connectivity index (χ3v) is 10.5. The van der Waals surface area contributed by atoms with Crippen molar-refractivity contribution in [2.24, 2.45) is 0 Å². The van der Waals surface area contributed by atoms with Crippen LogP contribution in [0.15, 0.2) is 182 Å². The molecule has 0 aliphatic carbocycles. The molecule has 0 fully saturated rings. The normalized spacial score (nSPS) is 11.6. The van der Waals surface area contributed by atoms with Gasteiger partial charge in [0.25, 0.3) is 0 Å². The number of nitrogens with zero attached hydrogens (tertiary/aromatic N) is 6. The number of benzene rings is 8. The molecule has 11 rings (SSSR count). The van der Waals surface area contributed by atoms with Gasteiger partial charge in [-0.25, -0.2) is 15.0 Å². The molecule has 11 aromatic rings. The van der Waals surface area contributed by atoms with Gasteiger partial charge in [0.1, 0.15) is 0 Å². The molecule has 0 saturated heterocycles. The van der Waals surface area contributed by atoms with Crippen LogP contribution in [0.1, 0.15) is 0 Å². The molecule has 55 heavy (non-hydrogen) atoms. The van der Waals surface area contributed by atoms with Crippen molar-refractivity contribution in [3.63, 3.8) is 0 Å². The first-order valence-electron chi connectivity index (χ1n) is 18.3. The molecule has 0 atom stereocenters. The average Bonchev–Trinajstić information content (AvgIpc) is 3.60. The summed E-state index contributed by atoms with van der Waals surface area (Å²) in [5.41, 5.74) is 10.3. The van der Waals surface area contributed by atoms with Crippen LogP contribution in [0.2, 0.25) is 0 Å². The molecule has 0 aliphatic rings. The Balaban J connectivity index is 0.997. The van der Waals surface area contributed by atoms with Crippen LogP contribution in [0, 0.1) is 0 Å². The topological polar surface area (TPSA) is 69.4 Å². The van der Waals surface area contributed by atoms with Crippen molar-refractivity contribution < 1.29 is 0 Å². The van der Waals surface area contributed by atoms with Gasteiger partial charge in [0.05, 0.1) is 22.1 Å². The summed E-state index contributed by atoms with van der Waals surface area (Å²) in [7, 11) is 0. The second-order valence-corrected chi connectivity index (χ2v) is 13.7. The Morgan fingerprint density at radius 1 is 0.309 bits per heavy atom. The van der Waals surface area contributed by atoms with Crippen LogP contribution in [-0.2, 0) is 0 Å². The highest BCUT2D eigenvalue weighted by Gasteiger charge is 2.18. The van der Waals surface area contributed by atoms with Gasteiger partial charge in [-0.2, -0.15) is 0 Å². The standard InChI is InChI=1S/C49H30N6/c1-3-11-33(12-4-1)47-52-48(34-13-5-2-6-14-34)54-49(53-47)35-21-19-31(20-22-35)32-23-25-36(26-24-32)55-43-18-10-9-16-38(43)41-29-40-37-15-7-8-17-39(37)45-46(51-28-27-50-45)42(40)30-44(41)55/h1-30H. The van der Waals surface area contributed by atoms with E-state index >= 15 is 0 Å². The van der Waals surface area contributed by atoms with Crippen LogP contribution in [0.3, 0.4) is 0 Å². The minimum atomic E-state index is 0.639. The highest BCUT2D eigenvalue weighted by molar-refractivity contribution is 6.27. The molecule has 0 amide bonds. The lowest BCUT2D eigenvalue weighted by molar-refractivity contribution is 1.07. The molecule has 3 aromatic heterocycles. The smallest absolute Gasteiger partial charge is 0.164 e. The molecule has 0 radical (unpaired) electrons. The van der Waals surface area contributed by atoms with Crippen molar-refractivity contribution >= 4 is 54.4 Å². The molecule has 0 bridgehead atoms. The first-order chi connectivity index (χ1) is 27.3. The van der Waals surface area contributed by atoms with E-state index in [1.54, 1.807) is 12.4 Å². The Hall–Kier alpha value is -7.57. The lowest BCUT2D eigenvalue weighted by Crippen LogP contribution is -2.00. The van der Waals surface area contributed by atoms with Gasteiger partial charge in [0.15, 0.2) is 17.5 Å². The second-order valence-electron chi connectivity index (χ2n) is 13.7. The third-order valence-electron chi connectivity index (χ3n) is 10.5. The highest BCUT2D eigenvalue weighted by Crippen LogP contribution is 2.40. The van der Waals surface area contributed by atoms with Gasteiger partial charge in [-0.3, -0.25) is 9.97 Å². The molecule has 0 aliphatic heterocycles. The monoisotopic (exact) mass is 702 g/mol. The van der Waals surface area contributed by atoms with E-state index in [0.29, 0.717) is 17.5 Å². The number of hydrogen-bond acceptors (Lipinski definition) is 5. The zero-order chi connectivity index (χ0) is 36.3. The van der Waals surface area contributed by atoms with Crippen molar-refractivity contribution in [1.82, 2.24) is 29.5 Å². The van der Waals surface area contributed by atoms with Crippen molar-refractivity contribution in [2.75, 3.05) is 0 Å². The van der Waals surface area contributed by atoms with E-state index in [9.17, 15) is 0 Å². The van der Waals surface area contributed by atoms with Crippen molar-refractivity contribution in [3.8, 4) is 51.0 Å². The Labute approximate surface area is 316 Å². The van der Waals surface area contributed by atoms with Crippen LogP contribution in [0.5, 0.6) is 0 Å². The Morgan fingerprint density at radius 2 is 0.782 bits per heavy atom. The van der Waals surface area contributed by atoms with Gasteiger partial charge >= 0.3 is 0 Å². The first-order valence-corrected chi connectivity index (χ1v) is 18.3. The SMILES string of the molecule is c1ccc(-c2nc(-c3ccccc3)nc(-c3ccc(-c4ccc(-n5c6ccccc6c6cc7c8ccccc8c8nccnc8c7cc65)cc4)cc3)n2)cc1. The summed E-state index contributed by atoms with van der Waals surface area (Å²) >= 11 is 0. The molecule has 3 heterocycles. The van der Waals surface area contributed by atoms with Crippen LogP contribution in [0.4, 0.5) is 0 Å². The predicted octanol–water partition coefficient (Wildman–Crippen LogP) is 11.9. The molecule has 0 spiro atoms. The summed E-state index contributed by atoms with van der Waals surface area (Å²) in [6.07, 6.45) is 3.57. The molecule has 8 aromatic carbocycles. The molecule has 0 N–H and O–H groups in total. The van der Waals surface area contributed by atoms with Crippen molar-refractivity contribution in [3.05, 3.63) is 182 Å². The number of aromatic nitrogens is 6. The fraction of sp³-hybridized carbons (Fsp3) is 0. The predicted molar refractivity (Wildman–Crippen MR) is 224 cm³/mol. The van der Waals surface area contributed by atoms with Crippen molar-refractivity contribution in [1.29, 1.82) is 0 Å². The van der Waals surface area contributed by atoms with Crippen LogP contribution < -0.4 is 0 Å². The zero-order valence-corrected chi connectivity index (χ0v) is 29.5. The van der Waals surface area contributed by atoms with Gasteiger partial charge in [0.2, 0.25) is 0 Å². The largest absolute Gasteiger partial charge is 0.309 e. The van der Waals surface area contributed by atoms with Crippen LogP contribution in [-0.4, -0.2) is 29.5 Å². The fourth-order valence-corrected chi connectivity index (χ4v) is 7.92. The van der Waals surface area contributed by atoms with Crippen molar-refractivity contribution in [2.45, 2.75) is 0 Å². The number of hydrogen-bond donors (Lipinski definition) is 0. The van der Waals surface area contributed by atoms with Gasteiger partial charge < -0.3 is 4.57 Å². The molecule has 0 saturated carbocycles. The van der Waals surface area contributed by atoms with Gasteiger partial charge in [0, 0.05) is 56.3 Å². The molecular formula is C49H30N6. The number of fused-ring (bicyclic) bond motifs is 9. The number of rotatable bonds is 5. The third kappa shape index (κ3) is 5.15. The van der Waals surface area contributed by atoms with Gasteiger partial charge in [-0.1, -0.05) is 140 Å². The van der Waals surface area contributed by atoms with E-state index in [2.05, 4.69) is 114 Å². The maximum atomic E-state index is 4.91. The fourth-order valence-electron chi connectivity index (χ4n) is 7.92. The second kappa shape index (κ2) is 12.5. The summed E-state index contributed by atoms with van der Waals surface area (Å²) < 4.78 is 2.36. The van der Waals surface area contributed by atoms with Crippen LogP contribution in [0.25, 0.3) is 105 Å². The summed E-state index contributed by atoms with van der Waals surface area (Å²) in [5.74, 6) is 1.94. The molecule has 256 valence electrons. The lowest BCUT2D eigenvalue weighted by Gasteiger charge is -2.12. The van der Waals surface area contributed by atoms with E-state index in [1.165, 1.54) is 21.5 Å². The van der Waals surface area contributed by atoms with E-state index in [-0.39, 0.29) is 0 Å². The first kappa shape index (κ1) is 31.0. The molecule has 6 heteroatoms. The summed E-state index contributed by atoms with van der Waals surface area (Å²) in [5, 5.41) is 7.00. The van der Waals surface area contributed by atoms with E-state index < -0.39 is 0 Å². The summed E-state index contributed by atoms with van der Waals surface area (Å²) in [6, 6.07) is 59.2. The van der Waals surface area contributed by atoms with Crippen LogP contribution >= 0.6 is 0 Å². The maximum absolute atomic E-state index is 4.91. The van der Waals surface area contributed by atoms with E-state index in [1.807, 2.05) is 60.7 Å². The summed E-state index contributed by atoms with van der Waals surface area (Å²) in [4.78, 5) is 24.3. The molecular weight excluding hydrogens is 673 g/mol. The Kier molecular flexibility index (Phi) is 7.07.